The summed E-state index contributed by atoms with van der Waals surface area (Å²) in [5.74, 6) is 0. The summed E-state index contributed by atoms with van der Waals surface area (Å²) in [6.45, 7) is 0. The topological polar surface area (TPSA) is 29.4 Å². The molecule has 3 heteroatoms. The van der Waals surface area contributed by atoms with Gasteiger partial charge in [0.15, 0.2) is 0 Å². The normalized spacial score (nSPS) is 16.3. The molecule has 0 fully saturated rings. The molecule has 194 valence electrons. The summed E-state index contributed by atoms with van der Waals surface area (Å²) in [4.78, 5) is 1.49. The molecule has 1 heterocycles. The fraction of sp³-hybridized carbons (Fsp3) is 0. The summed E-state index contributed by atoms with van der Waals surface area (Å²) in [7, 11) is -2.82. The van der Waals surface area contributed by atoms with E-state index in [0.29, 0.717) is 0 Å². The van der Waals surface area contributed by atoms with E-state index in [0.717, 1.165) is 37.7 Å². The molecular weight excluding hydrogens is 518 g/mol. The Kier molecular flexibility index (Phi) is 5.41. The van der Waals surface area contributed by atoms with Gasteiger partial charge in [-0.05, 0) is 85.4 Å². The molecule has 1 aliphatic heterocycles. The fourth-order valence-corrected chi connectivity index (χ4v) is 8.21. The smallest absolute Gasteiger partial charge is 0.109 e. The van der Waals surface area contributed by atoms with Gasteiger partial charge in [0.05, 0.1) is 15.5 Å². The van der Waals surface area contributed by atoms with Gasteiger partial charge in [0.2, 0.25) is 0 Å². The van der Waals surface area contributed by atoms with Gasteiger partial charge in [-0.1, -0.05) is 115 Å². The van der Waals surface area contributed by atoms with Crippen LogP contribution in [0.2, 0.25) is 0 Å². The first kappa shape index (κ1) is 23.9. The van der Waals surface area contributed by atoms with Crippen molar-refractivity contribution in [3.8, 4) is 11.1 Å². The Hall–Kier alpha value is -4.99. The van der Waals surface area contributed by atoms with Crippen LogP contribution >= 0.6 is 0 Å². The fourth-order valence-electron chi connectivity index (χ4n) is 6.08. The molecule has 0 radical (unpaired) electrons. The SMILES string of the molecule is O=S1(c2ccccc2)=NC(c2cccc(-c3ccc4c5ccccc5c5ccccc5c4c3)c2)=Cc2ccccc21. The van der Waals surface area contributed by atoms with Crippen molar-refractivity contribution in [1.82, 2.24) is 0 Å². The summed E-state index contributed by atoms with van der Waals surface area (Å²) in [6.07, 6.45) is 2.06. The number of hydrogen-bond donors (Lipinski definition) is 0. The third-order valence-corrected chi connectivity index (χ3v) is 10.4. The number of nitrogens with zero attached hydrogens (tertiary/aromatic N) is 1. The summed E-state index contributed by atoms with van der Waals surface area (Å²) in [6, 6.07) is 50.0. The Balaban J connectivity index is 1.31. The second kappa shape index (κ2) is 9.29. The average molecular weight is 544 g/mol. The van der Waals surface area contributed by atoms with Crippen molar-refractivity contribution in [3.05, 3.63) is 157 Å². The van der Waals surface area contributed by atoms with Crippen molar-refractivity contribution in [2.45, 2.75) is 9.79 Å². The van der Waals surface area contributed by atoms with E-state index >= 15 is 0 Å². The molecule has 0 bridgehead atoms. The lowest BCUT2D eigenvalue weighted by atomic mass is 9.91. The summed E-state index contributed by atoms with van der Waals surface area (Å²) < 4.78 is 19.5. The molecule has 41 heavy (non-hydrogen) atoms. The lowest BCUT2D eigenvalue weighted by Gasteiger charge is -2.19. The minimum absolute atomic E-state index is 0.725. The molecule has 2 nitrogen and oxygen atoms in total. The minimum atomic E-state index is -2.82. The second-order valence-corrected chi connectivity index (χ2v) is 12.6. The van der Waals surface area contributed by atoms with Crippen LogP contribution < -0.4 is 0 Å². The van der Waals surface area contributed by atoms with Gasteiger partial charge in [-0.25, -0.2) is 4.21 Å². The monoisotopic (exact) mass is 543 g/mol. The summed E-state index contributed by atoms with van der Waals surface area (Å²) in [5.41, 5.74) is 4.87. The highest BCUT2D eigenvalue weighted by Gasteiger charge is 2.24. The Morgan fingerprint density at radius 2 is 1.00 bits per heavy atom. The zero-order valence-corrected chi connectivity index (χ0v) is 23.0. The predicted octanol–water partition coefficient (Wildman–Crippen LogP) is 10.2. The van der Waals surface area contributed by atoms with Gasteiger partial charge in [0, 0.05) is 5.56 Å². The van der Waals surface area contributed by atoms with Gasteiger partial charge in [-0.3, -0.25) is 0 Å². The number of benzene rings is 7. The molecule has 7 aromatic rings. The van der Waals surface area contributed by atoms with E-state index in [1.807, 2.05) is 54.6 Å². The Morgan fingerprint density at radius 1 is 0.439 bits per heavy atom. The van der Waals surface area contributed by atoms with Gasteiger partial charge >= 0.3 is 0 Å². The highest BCUT2D eigenvalue weighted by atomic mass is 32.2. The number of fused-ring (bicyclic) bond motifs is 7. The summed E-state index contributed by atoms with van der Waals surface area (Å²) in [5, 5.41) is 7.55. The Bertz CT molecular complexity index is 2270. The predicted molar refractivity (Wildman–Crippen MR) is 172 cm³/mol. The molecule has 0 spiro atoms. The zero-order valence-electron chi connectivity index (χ0n) is 22.2. The third kappa shape index (κ3) is 3.81. The molecule has 1 atom stereocenters. The van der Waals surface area contributed by atoms with Crippen molar-refractivity contribution < 1.29 is 4.21 Å². The maximum absolute atomic E-state index is 14.5. The molecule has 8 rings (SSSR count). The van der Waals surface area contributed by atoms with Crippen LogP contribution in [0.25, 0.3) is 55.2 Å². The maximum atomic E-state index is 14.5. The molecule has 0 N–H and O–H groups in total. The largest absolute Gasteiger partial charge is 0.239 e. The average Bonchev–Trinajstić information content (AvgIpc) is 3.05. The zero-order chi connectivity index (χ0) is 27.4. The van der Waals surface area contributed by atoms with Gasteiger partial charge in [-0.15, -0.1) is 0 Å². The van der Waals surface area contributed by atoms with Crippen LogP contribution in [0.1, 0.15) is 11.1 Å². The molecule has 1 unspecified atom stereocenters. The van der Waals surface area contributed by atoms with Crippen molar-refractivity contribution >= 4 is 53.8 Å². The van der Waals surface area contributed by atoms with Crippen LogP contribution in [0.5, 0.6) is 0 Å². The highest BCUT2D eigenvalue weighted by molar-refractivity contribution is 7.94. The highest BCUT2D eigenvalue weighted by Crippen LogP contribution is 2.39. The molecule has 0 aromatic heterocycles. The Morgan fingerprint density at radius 3 is 1.73 bits per heavy atom. The number of rotatable bonds is 3. The van der Waals surface area contributed by atoms with Crippen molar-refractivity contribution in [1.29, 1.82) is 0 Å². The van der Waals surface area contributed by atoms with Crippen LogP contribution in [0.3, 0.4) is 0 Å². The van der Waals surface area contributed by atoms with Crippen LogP contribution in [-0.4, -0.2) is 4.21 Å². The van der Waals surface area contributed by atoms with E-state index in [4.69, 9.17) is 4.36 Å². The van der Waals surface area contributed by atoms with E-state index in [-0.39, 0.29) is 0 Å². The molecule has 0 aliphatic carbocycles. The van der Waals surface area contributed by atoms with Crippen LogP contribution in [-0.2, 0) is 9.73 Å². The van der Waals surface area contributed by atoms with Crippen molar-refractivity contribution in [2.24, 2.45) is 4.36 Å². The third-order valence-electron chi connectivity index (χ3n) is 8.03. The first-order valence-corrected chi connectivity index (χ1v) is 15.3. The first-order valence-electron chi connectivity index (χ1n) is 13.8. The molecular formula is C38H25NOS. The van der Waals surface area contributed by atoms with Gasteiger partial charge in [0.25, 0.3) is 0 Å². The maximum Gasteiger partial charge on any atom is 0.109 e. The summed E-state index contributed by atoms with van der Waals surface area (Å²) >= 11 is 0. The first-order chi connectivity index (χ1) is 20.2. The second-order valence-electron chi connectivity index (χ2n) is 10.4. The van der Waals surface area contributed by atoms with E-state index in [2.05, 4.69) is 97.1 Å². The van der Waals surface area contributed by atoms with Crippen molar-refractivity contribution in [3.63, 3.8) is 0 Å². The van der Waals surface area contributed by atoms with E-state index in [9.17, 15) is 4.21 Å². The van der Waals surface area contributed by atoms with Gasteiger partial charge in [-0.2, -0.15) is 4.36 Å². The standard InChI is InChI=1S/C38H25NOS/c40-41(30-14-2-1-3-15-30)38-20-9-4-11-29(38)25-37(39-41)28-13-10-12-26(23-28)27-21-22-35-33-18-6-5-16-31(33)32-17-7-8-19-34(32)36(35)24-27/h1-25H. The van der Waals surface area contributed by atoms with E-state index < -0.39 is 9.73 Å². The lowest BCUT2D eigenvalue weighted by Crippen LogP contribution is -2.08. The molecule has 0 amide bonds. The lowest BCUT2D eigenvalue weighted by molar-refractivity contribution is 0.676. The van der Waals surface area contributed by atoms with Crippen molar-refractivity contribution in [2.75, 3.05) is 0 Å². The van der Waals surface area contributed by atoms with Gasteiger partial charge < -0.3 is 0 Å². The van der Waals surface area contributed by atoms with Gasteiger partial charge in [0.1, 0.15) is 9.73 Å². The molecule has 0 saturated heterocycles. The van der Waals surface area contributed by atoms with E-state index in [1.54, 1.807) is 0 Å². The van der Waals surface area contributed by atoms with Crippen LogP contribution in [0.4, 0.5) is 0 Å². The minimum Gasteiger partial charge on any atom is -0.239 e. The Labute approximate surface area is 239 Å². The molecule has 1 aliphatic rings. The van der Waals surface area contributed by atoms with Crippen LogP contribution in [0, 0.1) is 0 Å². The quantitative estimate of drug-likeness (QED) is 0.204. The molecule has 7 aromatic carbocycles. The van der Waals surface area contributed by atoms with E-state index in [1.165, 1.54) is 32.3 Å². The number of hydrogen-bond acceptors (Lipinski definition) is 2. The van der Waals surface area contributed by atoms with Crippen LogP contribution in [0.15, 0.2) is 160 Å². The molecule has 0 saturated carbocycles.